The molecule has 0 aromatic rings. The smallest absolute Gasteiger partial charge is 0.234 e. The van der Waals surface area contributed by atoms with Crippen LogP contribution in [-0.4, -0.2) is 48.6 Å². The molecule has 1 saturated carbocycles. The van der Waals surface area contributed by atoms with Gasteiger partial charge in [0.2, 0.25) is 5.91 Å². The number of nitrogens with one attached hydrogen (secondary N) is 2. The third-order valence-corrected chi connectivity index (χ3v) is 4.67. The highest BCUT2D eigenvalue weighted by Gasteiger charge is 2.27. The van der Waals surface area contributed by atoms with Gasteiger partial charge in [0.1, 0.15) is 0 Å². The number of nitrogens with zero attached hydrogens (tertiary/aromatic N) is 1. The average molecular weight is 281 g/mol. The molecule has 1 atom stereocenters. The second kappa shape index (κ2) is 7.99. The van der Waals surface area contributed by atoms with Crippen LogP contribution in [-0.2, 0) is 4.79 Å². The van der Waals surface area contributed by atoms with Gasteiger partial charge in [-0.2, -0.15) is 0 Å². The summed E-state index contributed by atoms with van der Waals surface area (Å²) in [6, 6.07) is 1.66. The molecule has 1 heterocycles. The van der Waals surface area contributed by atoms with Gasteiger partial charge in [0, 0.05) is 24.7 Å². The second-order valence-corrected chi connectivity index (χ2v) is 6.38. The summed E-state index contributed by atoms with van der Waals surface area (Å²) in [5.74, 6) is 0.206. The van der Waals surface area contributed by atoms with E-state index in [1.807, 2.05) is 0 Å². The van der Waals surface area contributed by atoms with Crippen LogP contribution in [0.3, 0.4) is 0 Å². The molecule has 1 unspecified atom stereocenters. The normalized spacial score (nSPS) is 24.1. The molecule has 2 fully saturated rings. The van der Waals surface area contributed by atoms with E-state index >= 15 is 0 Å². The molecule has 4 nitrogen and oxygen atoms in total. The fourth-order valence-corrected chi connectivity index (χ4v) is 3.04. The summed E-state index contributed by atoms with van der Waals surface area (Å²) in [5, 5.41) is 6.78. The number of piperidine rings is 1. The summed E-state index contributed by atoms with van der Waals surface area (Å²) in [5.41, 5.74) is 0. The van der Waals surface area contributed by atoms with Crippen molar-refractivity contribution in [3.05, 3.63) is 0 Å². The topological polar surface area (TPSA) is 44.4 Å². The van der Waals surface area contributed by atoms with Gasteiger partial charge in [-0.1, -0.05) is 20.3 Å². The van der Waals surface area contributed by atoms with Gasteiger partial charge < -0.3 is 10.6 Å². The highest BCUT2D eigenvalue weighted by molar-refractivity contribution is 5.78. The fraction of sp³-hybridized carbons (Fsp3) is 0.938. The molecule has 0 spiro atoms. The van der Waals surface area contributed by atoms with E-state index in [0.717, 1.165) is 32.0 Å². The first kappa shape index (κ1) is 15.8. The summed E-state index contributed by atoms with van der Waals surface area (Å²) >= 11 is 0. The molecule has 0 radical (unpaired) electrons. The Morgan fingerprint density at radius 2 is 1.95 bits per heavy atom. The molecule has 1 aliphatic heterocycles. The minimum absolute atomic E-state index is 0.206. The van der Waals surface area contributed by atoms with Gasteiger partial charge in [-0.25, -0.2) is 0 Å². The molecule has 1 aliphatic carbocycles. The molecule has 2 aliphatic rings. The van der Waals surface area contributed by atoms with Crippen molar-refractivity contribution in [3.63, 3.8) is 0 Å². The number of carbonyl (C=O) groups is 1. The lowest BCUT2D eigenvalue weighted by Gasteiger charge is -2.35. The van der Waals surface area contributed by atoms with E-state index < -0.39 is 0 Å². The molecule has 20 heavy (non-hydrogen) atoms. The van der Waals surface area contributed by atoms with Crippen molar-refractivity contribution in [3.8, 4) is 0 Å². The molecule has 0 aromatic heterocycles. The Morgan fingerprint density at radius 1 is 1.20 bits per heavy atom. The summed E-state index contributed by atoms with van der Waals surface area (Å²) in [6.07, 6.45) is 8.49. The van der Waals surface area contributed by atoms with E-state index in [1.165, 1.54) is 32.1 Å². The molecular weight excluding hydrogens is 250 g/mol. The van der Waals surface area contributed by atoms with Gasteiger partial charge in [-0.15, -0.1) is 0 Å². The maximum atomic E-state index is 12.2. The second-order valence-electron chi connectivity index (χ2n) is 6.38. The summed E-state index contributed by atoms with van der Waals surface area (Å²) in [4.78, 5) is 14.5. The van der Waals surface area contributed by atoms with E-state index in [1.54, 1.807) is 0 Å². The average Bonchev–Trinajstić information content (AvgIpc) is 3.28. The molecule has 2 N–H and O–H groups in total. The predicted molar refractivity (Wildman–Crippen MR) is 82.7 cm³/mol. The first-order valence-electron chi connectivity index (χ1n) is 8.49. The van der Waals surface area contributed by atoms with Gasteiger partial charge >= 0.3 is 0 Å². The number of hydrogen-bond acceptors (Lipinski definition) is 3. The molecule has 116 valence electrons. The molecule has 1 saturated heterocycles. The van der Waals surface area contributed by atoms with Crippen LogP contribution in [0.25, 0.3) is 0 Å². The van der Waals surface area contributed by atoms with Crippen LogP contribution in [0.5, 0.6) is 0 Å². The van der Waals surface area contributed by atoms with Gasteiger partial charge in [0.05, 0.1) is 6.54 Å². The van der Waals surface area contributed by atoms with Crippen LogP contribution in [0.4, 0.5) is 0 Å². The standard InChI is InChI=1S/C16H31N3O/c1-3-13(4-2)18-16(20)12-19-10-6-5-7-15(19)11-17-14-8-9-14/h13-15,17H,3-12H2,1-2H3,(H,18,20). The Morgan fingerprint density at radius 3 is 2.60 bits per heavy atom. The number of amides is 1. The molecule has 4 heteroatoms. The van der Waals surface area contributed by atoms with Crippen LogP contribution >= 0.6 is 0 Å². The van der Waals surface area contributed by atoms with E-state index in [0.29, 0.717) is 18.6 Å². The van der Waals surface area contributed by atoms with Gasteiger partial charge in [0.15, 0.2) is 0 Å². The predicted octanol–water partition coefficient (Wildman–Crippen LogP) is 1.90. The largest absolute Gasteiger partial charge is 0.352 e. The van der Waals surface area contributed by atoms with Gasteiger partial charge in [-0.05, 0) is 45.1 Å². The number of likely N-dealkylation sites (tertiary alicyclic amines) is 1. The minimum Gasteiger partial charge on any atom is -0.352 e. The molecule has 1 amide bonds. The Labute approximate surface area is 123 Å². The van der Waals surface area contributed by atoms with E-state index in [4.69, 9.17) is 0 Å². The first-order chi connectivity index (χ1) is 9.72. The van der Waals surface area contributed by atoms with Crippen molar-refractivity contribution in [1.82, 2.24) is 15.5 Å². The van der Waals surface area contributed by atoms with Gasteiger partial charge in [0.25, 0.3) is 0 Å². The van der Waals surface area contributed by atoms with Crippen molar-refractivity contribution in [2.75, 3.05) is 19.6 Å². The lowest BCUT2D eigenvalue weighted by Crippen LogP contribution is -2.50. The van der Waals surface area contributed by atoms with Crippen molar-refractivity contribution in [1.29, 1.82) is 0 Å². The summed E-state index contributed by atoms with van der Waals surface area (Å²) in [6.45, 7) is 6.99. The molecule has 0 aromatic carbocycles. The fourth-order valence-electron chi connectivity index (χ4n) is 3.04. The molecule has 2 rings (SSSR count). The Balaban J connectivity index is 1.76. The minimum atomic E-state index is 0.206. The zero-order valence-electron chi connectivity index (χ0n) is 13.2. The van der Waals surface area contributed by atoms with E-state index in [2.05, 4.69) is 29.4 Å². The van der Waals surface area contributed by atoms with Crippen molar-refractivity contribution >= 4 is 5.91 Å². The zero-order valence-corrected chi connectivity index (χ0v) is 13.2. The van der Waals surface area contributed by atoms with Crippen molar-refractivity contribution in [2.45, 2.75) is 76.9 Å². The SMILES string of the molecule is CCC(CC)NC(=O)CN1CCCCC1CNC1CC1. The van der Waals surface area contributed by atoms with Crippen LogP contribution < -0.4 is 10.6 Å². The highest BCUT2D eigenvalue weighted by atomic mass is 16.2. The van der Waals surface area contributed by atoms with Crippen molar-refractivity contribution in [2.24, 2.45) is 0 Å². The van der Waals surface area contributed by atoms with Gasteiger partial charge in [-0.3, -0.25) is 9.69 Å². The van der Waals surface area contributed by atoms with E-state index in [-0.39, 0.29) is 5.91 Å². The zero-order chi connectivity index (χ0) is 14.4. The maximum absolute atomic E-state index is 12.2. The first-order valence-corrected chi connectivity index (χ1v) is 8.49. The lowest BCUT2D eigenvalue weighted by molar-refractivity contribution is -0.123. The maximum Gasteiger partial charge on any atom is 0.234 e. The summed E-state index contributed by atoms with van der Waals surface area (Å²) in [7, 11) is 0. The number of hydrogen-bond donors (Lipinski definition) is 2. The molecular formula is C16H31N3O. The van der Waals surface area contributed by atoms with Crippen LogP contribution in [0.15, 0.2) is 0 Å². The van der Waals surface area contributed by atoms with Crippen LogP contribution in [0, 0.1) is 0 Å². The third-order valence-electron chi connectivity index (χ3n) is 4.67. The van der Waals surface area contributed by atoms with E-state index in [9.17, 15) is 4.79 Å². The summed E-state index contributed by atoms with van der Waals surface area (Å²) < 4.78 is 0. The van der Waals surface area contributed by atoms with Crippen LogP contribution in [0.2, 0.25) is 0 Å². The Kier molecular flexibility index (Phi) is 6.30. The quantitative estimate of drug-likeness (QED) is 0.714. The third kappa shape index (κ3) is 5.06. The Bertz CT molecular complexity index is 300. The lowest BCUT2D eigenvalue weighted by atomic mass is 10.0. The monoisotopic (exact) mass is 281 g/mol. The number of rotatable bonds is 8. The highest BCUT2D eigenvalue weighted by Crippen LogP contribution is 2.21. The number of carbonyl (C=O) groups excluding carboxylic acids is 1. The van der Waals surface area contributed by atoms with Crippen LogP contribution in [0.1, 0.15) is 58.8 Å². The van der Waals surface area contributed by atoms with Crippen molar-refractivity contribution < 1.29 is 4.79 Å². The Hall–Kier alpha value is -0.610. The molecule has 0 bridgehead atoms.